The normalized spacial score (nSPS) is 10.9. The lowest BCUT2D eigenvalue weighted by molar-refractivity contribution is 0.101. The molecule has 0 radical (unpaired) electrons. The summed E-state index contributed by atoms with van der Waals surface area (Å²) in [4.78, 5) is 12.9. The number of benzene rings is 2. The third-order valence-corrected chi connectivity index (χ3v) is 6.60. The molecule has 1 amide bonds. The summed E-state index contributed by atoms with van der Waals surface area (Å²) in [6.45, 7) is 4.47. The molecule has 2 aromatic carbocycles. The monoisotopic (exact) mass is 483 g/mol. The summed E-state index contributed by atoms with van der Waals surface area (Å²) in [5.41, 5.74) is 3.14. The Labute approximate surface area is 199 Å². The molecular weight excluding hydrogens is 461 g/mol. The zero-order valence-corrected chi connectivity index (χ0v) is 19.8. The average Bonchev–Trinajstić information content (AvgIpc) is 3.45. The summed E-state index contributed by atoms with van der Waals surface area (Å²) < 4.78 is 21.2. The number of anilines is 1. The van der Waals surface area contributed by atoms with Crippen molar-refractivity contribution in [2.24, 2.45) is 0 Å². The first-order valence-electron chi connectivity index (χ1n) is 10.3. The van der Waals surface area contributed by atoms with Gasteiger partial charge >= 0.3 is 0 Å². The lowest BCUT2D eigenvalue weighted by Crippen LogP contribution is -2.14. The molecule has 0 atom stereocenters. The van der Waals surface area contributed by atoms with E-state index in [1.807, 2.05) is 6.92 Å². The molecule has 2 heterocycles. The molecule has 0 spiro atoms. The van der Waals surface area contributed by atoms with Gasteiger partial charge in [-0.2, -0.15) is 5.10 Å². The number of halogens is 1. The van der Waals surface area contributed by atoms with Crippen molar-refractivity contribution in [3.05, 3.63) is 77.4 Å². The van der Waals surface area contributed by atoms with Crippen molar-refractivity contribution in [3.63, 3.8) is 0 Å². The number of hydrogen-bond donors (Lipinski definition) is 1. The second-order valence-electron chi connectivity index (χ2n) is 7.21. The Morgan fingerprint density at radius 2 is 1.91 bits per heavy atom. The average molecular weight is 484 g/mol. The van der Waals surface area contributed by atoms with Crippen molar-refractivity contribution < 1.29 is 13.9 Å². The van der Waals surface area contributed by atoms with Crippen molar-refractivity contribution >= 4 is 34.1 Å². The maximum atomic E-state index is 13.3. The number of amides is 1. The Balaban J connectivity index is 1.46. The number of aryl methyl sites for hydroxylation is 1. The minimum absolute atomic E-state index is 0.122. The quantitative estimate of drug-likeness (QED) is 0.250. The molecule has 10 heteroatoms. The highest BCUT2D eigenvalue weighted by Crippen LogP contribution is 2.29. The largest absolute Gasteiger partial charge is 0.489 e. The minimum atomic E-state index is -0.451. The van der Waals surface area contributed by atoms with Crippen LogP contribution in [0, 0.1) is 12.7 Å². The van der Waals surface area contributed by atoms with Crippen LogP contribution >= 0.6 is 23.1 Å². The molecule has 33 heavy (non-hydrogen) atoms. The van der Waals surface area contributed by atoms with Gasteiger partial charge in [0, 0.05) is 5.75 Å². The van der Waals surface area contributed by atoms with E-state index in [-0.39, 0.29) is 11.5 Å². The Morgan fingerprint density at radius 3 is 2.64 bits per heavy atom. The SMILES string of the molecule is CCCOc1cn(-c2ccc(F)cc2)nc1C(=O)Nc1nnc(SCc2ccc(C)cc2)s1. The molecule has 0 fully saturated rings. The van der Waals surface area contributed by atoms with Crippen LogP contribution in [0.1, 0.15) is 35.0 Å². The van der Waals surface area contributed by atoms with Gasteiger partial charge in [-0.3, -0.25) is 10.1 Å². The van der Waals surface area contributed by atoms with Gasteiger partial charge < -0.3 is 4.74 Å². The highest BCUT2D eigenvalue weighted by atomic mass is 32.2. The Morgan fingerprint density at radius 1 is 1.15 bits per heavy atom. The molecular formula is C23H22FN5O2S2. The molecule has 1 N–H and O–H groups in total. The number of rotatable bonds is 9. The van der Waals surface area contributed by atoms with Crippen LogP contribution in [-0.2, 0) is 5.75 Å². The summed E-state index contributed by atoms with van der Waals surface area (Å²) in [5.74, 6) is 0.309. The Kier molecular flexibility index (Phi) is 7.36. The van der Waals surface area contributed by atoms with E-state index < -0.39 is 5.91 Å². The van der Waals surface area contributed by atoms with Crippen LogP contribution in [-0.4, -0.2) is 32.5 Å². The third-order valence-electron chi connectivity index (χ3n) is 4.56. The summed E-state index contributed by atoms with van der Waals surface area (Å²) in [6.07, 6.45) is 2.39. The summed E-state index contributed by atoms with van der Waals surface area (Å²) in [7, 11) is 0. The number of aromatic nitrogens is 4. The van der Waals surface area contributed by atoms with E-state index in [1.165, 1.54) is 39.3 Å². The summed E-state index contributed by atoms with van der Waals surface area (Å²) in [5, 5.41) is 15.7. The molecule has 7 nitrogen and oxygen atoms in total. The van der Waals surface area contributed by atoms with Gasteiger partial charge in [0.1, 0.15) is 5.82 Å². The number of hydrogen-bond acceptors (Lipinski definition) is 7. The predicted molar refractivity (Wildman–Crippen MR) is 128 cm³/mol. The Bertz CT molecular complexity index is 1220. The van der Waals surface area contributed by atoms with Gasteiger partial charge in [0.15, 0.2) is 15.8 Å². The number of carbonyl (C=O) groups is 1. The molecule has 0 aliphatic rings. The molecule has 4 aromatic rings. The van der Waals surface area contributed by atoms with Crippen LogP contribution in [0.4, 0.5) is 9.52 Å². The number of nitrogens with zero attached hydrogens (tertiary/aromatic N) is 4. The van der Waals surface area contributed by atoms with Crippen molar-refractivity contribution in [3.8, 4) is 11.4 Å². The maximum Gasteiger partial charge on any atom is 0.281 e. The number of thioether (sulfide) groups is 1. The smallest absolute Gasteiger partial charge is 0.281 e. The van der Waals surface area contributed by atoms with Crippen LogP contribution in [0.2, 0.25) is 0 Å². The van der Waals surface area contributed by atoms with E-state index in [0.717, 1.165) is 16.5 Å². The van der Waals surface area contributed by atoms with Crippen molar-refractivity contribution in [2.45, 2.75) is 30.4 Å². The van der Waals surface area contributed by atoms with Crippen molar-refractivity contribution in [1.29, 1.82) is 0 Å². The van der Waals surface area contributed by atoms with Gasteiger partial charge in [-0.15, -0.1) is 10.2 Å². The fourth-order valence-corrected chi connectivity index (χ4v) is 4.57. The zero-order valence-electron chi connectivity index (χ0n) is 18.1. The topological polar surface area (TPSA) is 81.9 Å². The molecule has 0 unspecified atom stereocenters. The molecule has 0 aliphatic carbocycles. The lowest BCUT2D eigenvalue weighted by atomic mass is 10.2. The molecule has 4 rings (SSSR count). The number of ether oxygens (including phenoxy) is 1. The van der Waals surface area contributed by atoms with Crippen LogP contribution in [0.5, 0.6) is 5.75 Å². The van der Waals surface area contributed by atoms with E-state index in [0.29, 0.717) is 23.2 Å². The van der Waals surface area contributed by atoms with E-state index in [2.05, 4.69) is 51.8 Å². The van der Waals surface area contributed by atoms with Gasteiger partial charge in [0.25, 0.3) is 5.91 Å². The van der Waals surface area contributed by atoms with Gasteiger partial charge in [0.2, 0.25) is 5.13 Å². The molecule has 2 aromatic heterocycles. The predicted octanol–water partition coefficient (Wildman–Crippen LogP) is 5.50. The number of nitrogens with one attached hydrogen (secondary N) is 1. The first-order valence-corrected chi connectivity index (χ1v) is 12.1. The summed E-state index contributed by atoms with van der Waals surface area (Å²) in [6, 6.07) is 14.1. The molecule has 0 bridgehead atoms. The molecule has 170 valence electrons. The summed E-state index contributed by atoms with van der Waals surface area (Å²) >= 11 is 2.86. The van der Waals surface area contributed by atoms with Crippen LogP contribution < -0.4 is 10.1 Å². The van der Waals surface area contributed by atoms with Gasteiger partial charge in [-0.1, -0.05) is 59.9 Å². The van der Waals surface area contributed by atoms with Crippen LogP contribution in [0.3, 0.4) is 0 Å². The fraction of sp³-hybridized carbons (Fsp3) is 0.217. The third kappa shape index (κ3) is 5.96. The second kappa shape index (κ2) is 10.6. The first-order chi connectivity index (χ1) is 16.0. The highest BCUT2D eigenvalue weighted by Gasteiger charge is 2.21. The van der Waals surface area contributed by atoms with Crippen LogP contribution in [0.15, 0.2) is 59.1 Å². The maximum absolute atomic E-state index is 13.3. The Hall–Kier alpha value is -3.24. The van der Waals surface area contributed by atoms with E-state index in [9.17, 15) is 9.18 Å². The first kappa shape index (κ1) is 22.9. The lowest BCUT2D eigenvalue weighted by Gasteiger charge is -2.03. The highest BCUT2D eigenvalue weighted by molar-refractivity contribution is 8.00. The molecule has 0 aliphatic heterocycles. The molecule has 0 saturated heterocycles. The number of carbonyl (C=O) groups excluding carboxylic acids is 1. The van der Waals surface area contributed by atoms with Gasteiger partial charge in [-0.05, 0) is 43.2 Å². The van der Waals surface area contributed by atoms with Crippen LogP contribution in [0.25, 0.3) is 5.69 Å². The van der Waals surface area contributed by atoms with E-state index in [4.69, 9.17) is 4.74 Å². The van der Waals surface area contributed by atoms with Gasteiger partial charge in [0.05, 0.1) is 18.5 Å². The fourth-order valence-electron chi connectivity index (χ4n) is 2.86. The van der Waals surface area contributed by atoms with Crippen molar-refractivity contribution in [2.75, 3.05) is 11.9 Å². The second-order valence-corrected chi connectivity index (χ2v) is 9.41. The minimum Gasteiger partial charge on any atom is -0.489 e. The standard InChI is InChI=1S/C23H22FN5O2S2/c1-3-12-31-19-13-29(18-10-8-17(24)9-11-18)28-20(19)21(30)25-22-26-27-23(33-22)32-14-16-6-4-15(2)5-7-16/h4-11,13H,3,12,14H2,1-2H3,(H,25,26,30). The zero-order chi connectivity index (χ0) is 23.2. The van der Waals surface area contributed by atoms with E-state index in [1.54, 1.807) is 30.1 Å². The van der Waals surface area contributed by atoms with Crippen molar-refractivity contribution in [1.82, 2.24) is 20.0 Å². The van der Waals surface area contributed by atoms with Gasteiger partial charge in [-0.25, -0.2) is 9.07 Å². The molecule has 0 saturated carbocycles. The van der Waals surface area contributed by atoms with E-state index >= 15 is 0 Å².